The van der Waals surface area contributed by atoms with Crippen LogP contribution in [0.25, 0.3) is 0 Å². The van der Waals surface area contributed by atoms with Crippen LogP contribution in [0.1, 0.15) is 30.9 Å². The Morgan fingerprint density at radius 1 is 1.20 bits per heavy atom. The summed E-state index contributed by atoms with van der Waals surface area (Å²) in [5.41, 5.74) is 0.857. The summed E-state index contributed by atoms with van der Waals surface area (Å²) in [4.78, 5) is 0. The van der Waals surface area contributed by atoms with Gasteiger partial charge in [0.15, 0.2) is 0 Å². The van der Waals surface area contributed by atoms with E-state index in [1.165, 1.54) is 0 Å². The lowest BCUT2D eigenvalue weighted by Crippen LogP contribution is -2.11. The van der Waals surface area contributed by atoms with E-state index in [9.17, 15) is 10.2 Å². The number of benzene rings is 1. The molecule has 0 aliphatic heterocycles. The fraction of sp³-hybridized carbons (Fsp3) is 0.385. The summed E-state index contributed by atoms with van der Waals surface area (Å²) in [6.45, 7) is 3.60. The van der Waals surface area contributed by atoms with Crippen molar-refractivity contribution < 1.29 is 10.2 Å². The molecular formula is C13H18O2. The average molecular weight is 206 g/mol. The van der Waals surface area contributed by atoms with Gasteiger partial charge in [-0.25, -0.2) is 0 Å². The van der Waals surface area contributed by atoms with Gasteiger partial charge in [0.1, 0.15) is 0 Å². The molecule has 0 bridgehead atoms. The third-order valence-electron chi connectivity index (χ3n) is 2.38. The van der Waals surface area contributed by atoms with Crippen LogP contribution in [0, 0.1) is 0 Å². The van der Waals surface area contributed by atoms with Crippen LogP contribution < -0.4 is 0 Å². The van der Waals surface area contributed by atoms with Crippen LogP contribution in [0.15, 0.2) is 43.0 Å². The molecule has 2 heteroatoms. The Bertz CT molecular complexity index is 282. The van der Waals surface area contributed by atoms with Crippen molar-refractivity contribution in [1.82, 2.24) is 0 Å². The molecule has 0 saturated heterocycles. The molecule has 2 atom stereocenters. The molecule has 0 saturated carbocycles. The molecular weight excluding hydrogens is 188 g/mol. The van der Waals surface area contributed by atoms with E-state index < -0.39 is 12.2 Å². The Morgan fingerprint density at radius 2 is 1.87 bits per heavy atom. The highest BCUT2D eigenvalue weighted by Crippen LogP contribution is 2.19. The molecule has 0 spiro atoms. The predicted octanol–water partition coefficient (Wildman–Crippen LogP) is 2.44. The van der Waals surface area contributed by atoms with Crippen LogP contribution in [-0.2, 0) is 0 Å². The number of hydrogen-bond donors (Lipinski definition) is 2. The zero-order chi connectivity index (χ0) is 11.1. The molecule has 2 nitrogen and oxygen atoms in total. The second kappa shape index (κ2) is 6.38. The first kappa shape index (κ1) is 12.0. The maximum Gasteiger partial charge on any atom is 0.0814 e. The predicted molar refractivity (Wildman–Crippen MR) is 61.5 cm³/mol. The fourth-order valence-electron chi connectivity index (χ4n) is 1.50. The molecule has 0 heterocycles. The number of rotatable bonds is 6. The maximum absolute atomic E-state index is 9.80. The highest BCUT2D eigenvalue weighted by Gasteiger charge is 2.12. The largest absolute Gasteiger partial charge is 0.393 e. The Morgan fingerprint density at radius 3 is 2.47 bits per heavy atom. The van der Waals surface area contributed by atoms with Gasteiger partial charge in [-0.2, -0.15) is 0 Å². The van der Waals surface area contributed by atoms with E-state index in [2.05, 4.69) is 6.58 Å². The summed E-state index contributed by atoms with van der Waals surface area (Å²) < 4.78 is 0. The molecule has 1 rings (SSSR count). The third kappa shape index (κ3) is 4.28. The van der Waals surface area contributed by atoms with Crippen LogP contribution in [0.5, 0.6) is 0 Å². The van der Waals surface area contributed by atoms with Crippen molar-refractivity contribution in [2.24, 2.45) is 0 Å². The summed E-state index contributed by atoms with van der Waals surface area (Å²) in [6, 6.07) is 9.41. The molecule has 0 radical (unpaired) electrons. The van der Waals surface area contributed by atoms with Crippen molar-refractivity contribution in [3.8, 4) is 0 Å². The summed E-state index contributed by atoms with van der Waals surface area (Å²) in [5.74, 6) is 0. The van der Waals surface area contributed by atoms with E-state index in [1.807, 2.05) is 30.3 Å². The third-order valence-corrected chi connectivity index (χ3v) is 2.38. The monoisotopic (exact) mass is 206 g/mol. The standard InChI is InChI=1S/C13H18O2/c1-2-3-9-12(14)10-13(15)11-7-5-4-6-8-11/h2,4-8,12-15H,1,3,9-10H2/t12-,13-/m0/s1. The van der Waals surface area contributed by atoms with Gasteiger partial charge in [0.25, 0.3) is 0 Å². The zero-order valence-corrected chi connectivity index (χ0v) is 8.84. The van der Waals surface area contributed by atoms with Crippen LogP contribution >= 0.6 is 0 Å². The second-order valence-electron chi connectivity index (χ2n) is 3.68. The first-order valence-corrected chi connectivity index (χ1v) is 5.26. The Balaban J connectivity index is 2.41. The van der Waals surface area contributed by atoms with Gasteiger partial charge in [0.05, 0.1) is 12.2 Å². The number of aliphatic hydroxyl groups is 2. The number of allylic oxidation sites excluding steroid dienone is 1. The van der Waals surface area contributed by atoms with Crippen molar-refractivity contribution in [2.45, 2.75) is 31.5 Å². The SMILES string of the molecule is C=CCC[C@H](O)C[C@H](O)c1ccccc1. The molecule has 0 fully saturated rings. The molecule has 15 heavy (non-hydrogen) atoms. The van der Waals surface area contributed by atoms with Gasteiger partial charge in [0.2, 0.25) is 0 Å². The number of aliphatic hydroxyl groups excluding tert-OH is 2. The van der Waals surface area contributed by atoms with Crippen LogP contribution in [-0.4, -0.2) is 16.3 Å². The molecule has 1 aromatic carbocycles. The van der Waals surface area contributed by atoms with Crippen LogP contribution in [0.4, 0.5) is 0 Å². The van der Waals surface area contributed by atoms with E-state index in [1.54, 1.807) is 6.08 Å². The molecule has 82 valence electrons. The Labute approximate surface area is 90.9 Å². The highest BCUT2D eigenvalue weighted by molar-refractivity contribution is 5.17. The summed E-state index contributed by atoms with van der Waals surface area (Å²) in [6.07, 6.45) is 2.57. The first-order valence-electron chi connectivity index (χ1n) is 5.26. The molecule has 1 aromatic rings. The van der Waals surface area contributed by atoms with Crippen molar-refractivity contribution in [3.63, 3.8) is 0 Å². The quantitative estimate of drug-likeness (QED) is 0.702. The normalized spacial score (nSPS) is 14.5. The Hall–Kier alpha value is -1.12. The lowest BCUT2D eigenvalue weighted by atomic mass is 10.0. The molecule has 2 N–H and O–H groups in total. The topological polar surface area (TPSA) is 40.5 Å². The van der Waals surface area contributed by atoms with Crippen LogP contribution in [0.3, 0.4) is 0 Å². The number of hydrogen-bond acceptors (Lipinski definition) is 2. The van der Waals surface area contributed by atoms with E-state index in [-0.39, 0.29) is 0 Å². The minimum Gasteiger partial charge on any atom is -0.393 e. The zero-order valence-electron chi connectivity index (χ0n) is 8.84. The molecule has 0 aromatic heterocycles. The molecule has 0 amide bonds. The Kier molecular flexibility index (Phi) is 5.08. The van der Waals surface area contributed by atoms with Gasteiger partial charge in [-0.3, -0.25) is 0 Å². The smallest absolute Gasteiger partial charge is 0.0814 e. The summed E-state index contributed by atoms with van der Waals surface area (Å²) in [7, 11) is 0. The van der Waals surface area contributed by atoms with E-state index in [0.717, 1.165) is 12.0 Å². The van der Waals surface area contributed by atoms with E-state index in [4.69, 9.17) is 0 Å². The van der Waals surface area contributed by atoms with Crippen LogP contribution in [0.2, 0.25) is 0 Å². The van der Waals surface area contributed by atoms with E-state index >= 15 is 0 Å². The van der Waals surface area contributed by atoms with Crippen molar-refractivity contribution in [1.29, 1.82) is 0 Å². The summed E-state index contributed by atoms with van der Waals surface area (Å²) >= 11 is 0. The van der Waals surface area contributed by atoms with Crippen molar-refractivity contribution >= 4 is 0 Å². The highest BCUT2D eigenvalue weighted by atomic mass is 16.3. The molecule has 0 unspecified atom stereocenters. The molecule has 0 aliphatic rings. The van der Waals surface area contributed by atoms with Crippen molar-refractivity contribution in [3.05, 3.63) is 48.6 Å². The van der Waals surface area contributed by atoms with E-state index in [0.29, 0.717) is 12.8 Å². The minimum absolute atomic E-state index is 0.387. The summed E-state index contributed by atoms with van der Waals surface area (Å²) in [5, 5.41) is 19.4. The maximum atomic E-state index is 9.80. The fourth-order valence-corrected chi connectivity index (χ4v) is 1.50. The average Bonchev–Trinajstić information content (AvgIpc) is 2.27. The molecule has 0 aliphatic carbocycles. The van der Waals surface area contributed by atoms with Gasteiger partial charge >= 0.3 is 0 Å². The van der Waals surface area contributed by atoms with Gasteiger partial charge in [-0.15, -0.1) is 6.58 Å². The van der Waals surface area contributed by atoms with Gasteiger partial charge in [-0.05, 0) is 18.4 Å². The van der Waals surface area contributed by atoms with Gasteiger partial charge < -0.3 is 10.2 Å². The lowest BCUT2D eigenvalue weighted by molar-refractivity contribution is 0.0761. The first-order chi connectivity index (χ1) is 7.24. The lowest BCUT2D eigenvalue weighted by Gasteiger charge is -2.15. The van der Waals surface area contributed by atoms with Gasteiger partial charge in [-0.1, -0.05) is 36.4 Å². The second-order valence-corrected chi connectivity index (χ2v) is 3.68. The minimum atomic E-state index is -0.578. The van der Waals surface area contributed by atoms with Gasteiger partial charge in [0, 0.05) is 6.42 Å². The van der Waals surface area contributed by atoms with Crippen molar-refractivity contribution in [2.75, 3.05) is 0 Å².